The third kappa shape index (κ3) is 2.07. The molecule has 1 spiro atoms. The number of nitrogens with zero attached hydrogens (tertiary/aromatic N) is 4. The average molecular weight is 327 g/mol. The molecule has 1 fully saturated rings. The van der Waals surface area contributed by atoms with Crippen molar-refractivity contribution in [2.75, 3.05) is 27.2 Å². The molecule has 2 unspecified atom stereocenters. The second-order valence-electron chi connectivity index (χ2n) is 6.09. The van der Waals surface area contributed by atoms with E-state index in [1.807, 2.05) is 0 Å². The van der Waals surface area contributed by atoms with E-state index >= 15 is 0 Å². The van der Waals surface area contributed by atoms with Gasteiger partial charge in [-0.05, 0) is 0 Å². The van der Waals surface area contributed by atoms with Crippen LogP contribution in [0.3, 0.4) is 0 Å². The first-order chi connectivity index (χ1) is 10.7. The number of hydrogen-bond acceptors (Lipinski definition) is 10. The van der Waals surface area contributed by atoms with Gasteiger partial charge in [-0.25, -0.2) is 14.8 Å². The highest BCUT2D eigenvalue weighted by molar-refractivity contribution is 5.87. The summed E-state index contributed by atoms with van der Waals surface area (Å²) in [6.45, 7) is 0.186. The van der Waals surface area contributed by atoms with Gasteiger partial charge in [0, 0.05) is 27.1 Å². The molecule has 1 saturated heterocycles. The topological polar surface area (TPSA) is 162 Å². The number of carbonyl (C=O) groups is 1. The number of rotatable bonds is 2. The number of hydrogen-bond donors (Lipinski definition) is 5. The monoisotopic (exact) mass is 327 g/mol. The maximum absolute atomic E-state index is 11.6. The van der Waals surface area contributed by atoms with Gasteiger partial charge in [0.15, 0.2) is 17.6 Å². The van der Waals surface area contributed by atoms with Gasteiger partial charge >= 0.3 is 6.09 Å². The molecule has 11 heteroatoms. The van der Waals surface area contributed by atoms with Gasteiger partial charge in [-0.15, -0.1) is 0 Å². The third-order valence-corrected chi connectivity index (χ3v) is 4.43. The molecule has 23 heavy (non-hydrogen) atoms. The van der Waals surface area contributed by atoms with Crippen molar-refractivity contribution >= 4 is 18.0 Å². The molecule has 7 N–H and O–H groups in total. The van der Waals surface area contributed by atoms with E-state index in [-0.39, 0.29) is 24.9 Å². The van der Waals surface area contributed by atoms with E-state index in [9.17, 15) is 15.0 Å². The Bertz CT molecular complexity index is 590. The van der Waals surface area contributed by atoms with E-state index in [2.05, 4.69) is 15.3 Å². The van der Waals surface area contributed by atoms with Crippen LogP contribution in [0.25, 0.3) is 0 Å². The van der Waals surface area contributed by atoms with Crippen LogP contribution >= 0.6 is 0 Å². The minimum Gasteiger partial charge on any atom is -0.447 e. The highest BCUT2D eigenvalue weighted by atomic mass is 16.6. The minimum atomic E-state index is -2.10. The number of ether oxygens (including phenoxy) is 1. The van der Waals surface area contributed by atoms with Crippen LogP contribution in [-0.4, -0.2) is 88.8 Å². The van der Waals surface area contributed by atoms with Gasteiger partial charge in [0.05, 0.1) is 0 Å². The molecule has 0 aliphatic carbocycles. The maximum Gasteiger partial charge on any atom is 0.409 e. The van der Waals surface area contributed by atoms with Crippen LogP contribution in [0, 0.1) is 0 Å². The van der Waals surface area contributed by atoms with Crippen molar-refractivity contribution in [3.63, 3.8) is 0 Å². The molecule has 1 amide bonds. The summed E-state index contributed by atoms with van der Waals surface area (Å²) in [6, 6.07) is -1.43. The first-order valence-electron chi connectivity index (χ1n) is 7.20. The molecule has 3 aliphatic heterocycles. The highest BCUT2D eigenvalue weighted by Gasteiger charge is 2.69. The Morgan fingerprint density at radius 3 is 2.83 bits per heavy atom. The number of aliphatic imine (C=N–C) groups is 2. The zero-order valence-corrected chi connectivity index (χ0v) is 12.9. The second kappa shape index (κ2) is 4.86. The molecule has 128 valence electrons. The Morgan fingerprint density at radius 2 is 2.17 bits per heavy atom. The van der Waals surface area contributed by atoms with Crippen molar-refractivity contribution < 1.29 is 19.7 Å². The summed E-state index contributed by atoms with van der Waals surface area (Å²) in [5, 5.41) is 23.8. The normalized spacial score (nSPS) is 34.0. The lowest BCUT2D eigenvalue weighted by molar-refractivity contribution is -0.221. The fraction of sp³-hybridized carbons (Fsp3) is 0.750. The Morgan fingerprint density at radius 1 is 1.48 bits per heavy atom. The van der Waals surface area contributed by atoms with Crippen molar-refractivity contribution in [1.82, 2.24) is 15.1 Å². The molecule has 3 heterocycles. The van der Waals surface area contributed by atoms with E-state index in [1.54, 1.807) is 19.0 Å². The average Bonchev–Trinajstić information content (AvgIpc) is 2.94. The summed E-state index contributed by atoms with van der Waals surface area (Å²) in [4.78, 5) is 23.0. The van der Waals surface area contributed by atoms with Crippen LogP contribution in [-0.2, 0) is 4.74 Å². The van der Waals surface area contributed by atoms with Gasteiger partial charge in [-0.2, -0.15) is 0 Å². The molecule has 0 bridgehead atoms. The Balaban J connectivity index is 1.92. The van der Waals surface area contributed by atoms with E-state index in [1.165, 1.54) is 4.90 Å². The first-order valence-corrected chi connectivity index (χ1v) is 7.20. The third-order valence-electron chi connectivity index (χ3n) is 4.43. The molecule has 3 rings (SSSR count). The SMILES string of the molecule is CN(C)C(=O)OCC1N=C(N)N2CCC(O)(O)C23NC(N)=N[C@@H]13. The summed E-state index contributed by atoms with van der Waals surface area (Å²) in [6.07, 6.45) is -0.483. The fourth-order valence-corrected chi connectivity index (χ4v) is 3.34. The molecule has 0 radical (unpaired) electrons. The zero-order valence-electron chi connectivity index (χ0n) is 12.9. The maximum atomic E-state index is 11.6. The lowest BCUT2D eigenvalue weighted by Gasteiger charge is -2.48. The van der Waals surface area contributed by atoms with Crippen LogP contribution in [0.1, 0.15) is 6.42 Å². The van der Waals surface area contributed by atoms with E-state index in [4.69, 9.17) is 16.2 Å². The van der Waals surface area contributed by atoms with Crippen molar-refractivity contribution in [3.8, 4) is 0 Å². The summed E-state index contributed by atoms with van der Waals surface area (Å²) in [5.74, 6) is -1.93. The van der Waals surface area contributed by atoms with Gasteiger partial charge in [0.25, 0.3) is 0 Å². The first kappa shape index (κ1) is 15.6. The standard InChI is InChI=1S/C12H21N7O4/c1-18(2)10(20)23-5-6-7-12(17-8(13)16-7)11(21,22)3-4-19(12)9(14)15-6/h6-7,21-22H,3-5H2,1-2H3,(H2,14,15)(H3,13,16,17)/t6?,7-,12?/m0/s1. The number of carbonyl (C=O) groups excluding carboxylic acids is 1. The molecule has 3 aliphatic rings. The molecule has 11 nitrogen and oxygen atoms in total. The summed E-state index contributed by atoms with van der Waals surface area (Å²) >= 11 is 0. The minimum absolute atomic E-state index is 0.0553. The predicted molar refractivity (Wildman–Crippen MR) is 80.2 cm³/mol. The Hall–Kier alpha value is -2.27. The van der Waals surface area contributed by atoms with Gasteiger partial charge < -0.3 is 41.5 Å². The fourth-order valence-electron chi connectivity index (χ4n) is 3.34. The van der Waals surface area contributed by atoms with E-state index in [0.717, 1.165) is 0 Å². The molecule has 0 aromatic carbocycles. The molecular weight excluding hydrogens is 306 g/mol. The van der Waals surface area contributed by atoms with Crippen LogP contribution in [0.4, 0.5) is 4.79 Å². The van der Waals surface area contributed by atoms with Gasteiger partial charge in [-0.1, -0.05) is 0 Å². The summed E-state index contributed by atoms with van der Waals surface area (Å²) in [7, 11) is 3.11. The van der Waals surface area contributed by atoms with Gasteiger partial charge in [-0.3, -0.25) is 0 Å². The Kier molecular flexibility index (Phi) is 3.30. The number of aliphatic hydroxyl groups is 2. The lowest BCUT2D eigenvalue weighted by atomic mass is 9.87. The molecular formula is C12H21N7O4. The number of amides is 1. The number of nitrogens with one attached hydrogen (secondary N) is 1. The quantitative estimate of drug-likeness (QED) is 0.330. The molecule has 0 aromatic rings. The van der Waals surface area contributed by atoms with Crippen LogP contribution < -0.4 is 16.8 Å². The second-order valence-corrected chi connectivity index (χ2v) is 6.09. The highest BCUT2D eigenvalue weighted by Crippen LogP contribution is 2.44. The molecule has 0 aromatic heterocycles. The van der Waals surface area contributed by atoms with Crippen molar-refractivity contribution in [1.29, 1.82) is 0 Å². The van der Waals surface area contributed by atoms with Gasteiger partial charge in [0.2, 0.25) is 5.79 Å². The van der Waals surface area contributed by atoms with E-state index < -0.39 is 29.6 Å². The van der Waals surface area contributed by atoms with Crippen LogP contribution in [0.2, 0.25) is 0 Å². The van der Waals surface area contributed by atoms with E-state index in [0.29, 0.717) is 6.54 Å². The Labute approximate surface area is 132 Å². The summed E-state index contributed by atoms with van der Waals surface area (Å²) in [5.41, 5.74) is 10.3. The lowest BCUT2D eigenvalue weighted by Crippen LogP contribution is -2.76. The number of nitrogens with two attached hydrogens (primary N) is 2. The molecule has 0 saturated carbocycles. The van der Waals surface area contributed by atoms with Crippen molar-refractivity contribution in [2.24, 2.45) is 21.5 Å². The number of guanidine groups is 2. The van der Waals surface area contributed by atoms with Crippen LogP contribution in [0.5, 0.6) is 0 Å². The van der Waals surface area contributed by atoms with Gasteiger partial charge in [0.1, 0.15) is 18.7 Å². The predicted octanol–water partition coefficient (Wildman–Crippen LogP) is -3.25. The zero-order chi connectivity index (χ0) is 17.0. The van der Waals surface area contributed by atoms with Crippen LogP contribution in [0.15, 0.2) is 9.98 Å². The smallest absolute Gasteiger partial charge is 0.409 e. The summed E-state index contributed by atoms with van der Waals surface area (Å²) < 4.78 is 5.15. The van der Waals surface area contributed by atoms with Crippen molar-refractivity contribution in [2.45, 2.75) is 30.0 Å². The largest absolute Gasteiger partial charge is 0.447 e. The van der Waals surface area contributed by atoms with Crippen molar-refractivity contribution in [3.05, 3.63) is 0 Å². The molecule has 3 atom stereocenters.